The Hall–Kier alpha value is -0.900. The van der Waals surface area contributed by atoms with Crippen molar-refractivity contribution in [1.82, 2.24) is 0 Å². The molecule has 0 radical (unpaired) electrons. The highest BCUT2D eigenvalue weighted by Crippen LogP contribution is 2.37. The van der Waals surface area contributed by atoms with Crippen molar-refractivity contribution >= 4 is 11.8 Å². The summed E-state index contributed by atoms with van der Waals surface area (Å²) in [5, 5.41) is 9.55. The second kappa shape index (κ2) is 3.46. The van der Waals surface area contributed by atoms with Gasteiger partial charge in [0.2, 0.25) is 0 Å². The molecule has 1 aliphatic rings. The minimum absolute atomic E-state index is 0.0506. The first-order valence-electron chi connectivity index (χ1n) is 4.31. The predicted octanol–water partition coefficient (Wildman–Crippen LogP) is 0.280. The average Bonchev–Trinajstić information content (AvgIpc) is 2.46. The van der Waals surface area contributed by atoms with Gasteiger partial charge in [-0.15, -0.1) is 0 Å². The Morgan fingerprint density at radius 3 is 2.69 bits per heavy atom. The van der Waals surface area contributed by atoms with Crippen molar-refractivity contribution in [2.75, 3.05) is 7.11 Å². The van der Waals surface area contributed by atoms with Gasteiger partial charge in [0.1, 0.15) is 5.78 Å². The molecule has 0 amide bonds. The number of hydrogen-bond acceptors (Lipinski definition) is 4. The molecule has 1 saturated carbocycles. The van der Waals surface area contributed by atoms with Crippen LogP contribution in [0.4, 0.5) is 0 Å². The number of aliphatic hydroxyl groups excluding tert-OH is 1. The molecule has 2 atom stereocenters. The fourth-order valence-corrected chi connectivity index (χ4v) is 1.70. The topological polar surface area (TPSA) is 63.6 Å². The third-order valence-electron chi connectivity index (χ3n) is 2.76. The molecule has 0 spiro atoms. The number of rotatable bonds is 2. The lowest BCUT2D eigenvalue weighted by atomic mass is 9.81. The summed E-state index contributed by atoms with van der Waals surface area (Å²) in [7, 11) is 1.20. The van der Waals surface area contributed by atoms with E-state index >= 15 is 0 Å². The highest BCUT2D eigenvalue weighted by atomic mass is 16.5. The van der Waals surface area contributed by atoms with Crippen molar-refractivity contribution in [3.8, 4) is 0 Å². The number of methoxy groups -OCH3 is 1. The Bertz CT molecular complexity index is 236. The van der Waals surface area contributed by atoms with E-state index in [-0.39, 0.29) is 5.78 Å². The molecule has 0 aromatic rings. The maximum absolute atomic E-state index is 11.4. The van der Waals surface area contributed by atoms with E-state index in [4.69, 9.17) is 0 Å². The summed E-state index contributed by atoms with van der Waals surface area (Å²) in [6.07, 6.45) is 0.434. The van der Waals surface area contributed by atoms with E-state index in [1.54, 1.807) is 6.92 Å². The number of carbonyl (C=O) groups excluding carboxylic acids is 2. The average molecular weight is 186 g/mol. The van der Waals surface area contributed by atoms with Gasteiger partial charge in [0.15, 0.2) is 6.10 Å². The summed E-state index contributed by atoms with van der Waals surface area (Å²) in [6.45, 7) is 1.62. The zero-order valence-electron chi connectivity index (χ0n) is 7.87. The molecule has 0 unspecified atom stereocenters. The van der Waals surface area contributed by atoms with Gasteiger partial charge in [-0.25, -0.2) is 4.79 Å². The lowest BCUT2D eigenvalue weighted by Gasteiger charge is -2.25. The molecule has 1 N–H and O–H groups in total. The van der Waals surface area contributed by atoms with Crippen molar-refractivity contribution in [3.05, 3.63) is 0 Å². The molecule has 13 heavy (non-hydrogen) atoms. The number of ketones is 1. The molecule has 4 heteroatoms. The third kappa shape index (κ3) is 1.58. The molecule has 0 aromatic carbocycles. The first-order valence-corrected chi connectivity index (χ1v) is 4.31. The molecule has 1 rings (SSSR count). The number of aliphatic hydroxyl groups is 1. The first-order chi connectivity index (χ1) is 6.02. The van der Waals surface area contributed by atoms with Gasteiger partial charge in [-0.1, -0.05) is 0 Å². The molecular weight excluding hydrogens is 172 g/mol. The molecule has 0 aromatic heterocycles. The fourth-order valence-electron chi connectivity index (χ4n) is 1.70. The van der Waals surface area contributed by atoms with E-state index < -0.39 is 17.5 Å². The minimum Gasteiger partial charge on any atom is -0.467 e. The van der Waals surface area contributed by atoms with Crippen molar-refractivity contribution in [2.45, 2.75) is 32.3 Å². The maximum Gasteiger partial charge on any atom is 0.335 e. The Balaban J connectivity index is 2.79. The molecule has 1 fully saturated rings. The Morgan fingerprint density at radius 2 is 2.31 bits per heavy atom. The van der Waals surface area contributed by atoms with Gasteiger partial charge < -0.3 is 9.84 Å². The van der Waals surface area contributed by atoms with Gasteiger partial charge in [0.05, 0.1) is 12.5 Å². The van der Waals surface area contributed by atoms with Crippen LogP contribution in [-0.4, -0.2) is 30.1 Å². The first kappa shape index (κ1) is 10.2. The van der Waals surface area contributed by atoms with Crippen LogP contribution in [-0.2, 0) is 14.3 Å². The minimum atomic E-state index is -1.31. The predicted molar refractivity (Wildman–Crippen MR) is 45.0 cm³/mol. The number of Topliss-reactive ketones (excluding diaryl/α,β-unsaturated/α-hetero) is 1. The van der Waals surface area contributed by atoms with Crippen molar-refractivity contribution in [1.29, 1.82) is 0 Å². The monoisotopic (exact) mass is 186 g/mol. The lowest BCUT2D eigenvalue weighted by Crippen LogP contribution is -2.42. The van der Waals surface area contributed by atoms with E-state index in [0.717, 1.165) is 6.42 Å². The second-order valence-corrected chi connectivity index (χ2v) is 3.62. The van der Waals surface area contributed by atoms with E-state index in [0.29, 0.717) is 12.8 Å². The summed E-state index contributed by atoms with van der Waals surface area (Å²) in [6, 6.07) is 0. The molecule has 74 valence electrons. The smallest absolute Gasteiger partial charge is 0.335 e. The second-order valence-electron chi connectivity index (χ2n) is 3.62. The largest absolute Gasteiger partial charge is 0.467 e. The number of carbonyl (C=O) groups is 2. The zero-order valence-corrected chi connectivity index (χ0v) is 7.87. The molecule has 4 nitrogen and oxygen atoms in total. The summed E-state index contributed by atoms with van der Waals surface area (Å²) in [5.41, 5.74) is -0.924. The van der Waals surface area contributed by atoms with Crippen molar-refractivity contribution in [2.24, 2.45) is 5.41 Å². The van der Waals surface area contributed by atoms with Crippen LogP contribution in [0.25, 0.3) is 0 Å². The van der Waals surface area contributed by atoms with Crippen LogP contribution in [0.3, 0.4) is 0 Å². The van der Waals surface area contributed by atoms with Crippen LogP contribution in [0.1, 0.15) is 26.2 Å². The molecule has 0 heterocycles. The highest BCUT2D eigenvalue weighted by molar-refractivity contribution is 5.92. The normalized spacial score (nSPS) is 30.2. The lowest BCUT2D eigenvalue weighted by molar-refractivity contribution is -0.160. The van der Waals surface area contributed by atoms with Crippen molar-refractivity contribution < 1.29 is 19.4 Å². The van der Waals surface area contributed by atoms with Crippen LogP contribution in [0.2, 0.25) is 0 Å². The van der Waals surface area contributed by atoms with Gasteiger partial charge in [0, 0.05) is 6.42 Å². The molecule has 0 saturated heterocycles. The van der Waals surface area contributed by atoms with Gasteiger partial charge in [-0.3, -0.25) is 4.79 Å². The Kier molecular flexibility index (Phi) is 2.71. The SMILES string of the molecule is COC(=O)[C@@H](O)[C@]1(C)CCCC1=O. The number of esters is 1. The molecular formula is C9H14O4. The number of ether oxygens (including phenoxy) is 1. The summed E-state index contributed by atoms with van der Waals surface area (Å²) in [5.74, 6) is -0.775. The van der Waals surface area contributed by atoms with Crippen LogP contribution >= 0.6 is 0 Å². The van der Waals surface area contributed by atoms with Gasteiger partial charge in [-0.05, 0) is 19.8 Å². The maximum atomic E-state index is 11.4. The van der Waals surface area contributed by atoms with E-state index in [1.807, 2.05) is 0 Å². The van der Waals surface area contributed by atoms with Gasteiger partial charge in [0.25, 0.3) is 0 Å². The van der Waals surface area contributed by atoms with E-state index in [9.17, 15) is 14.7 Å². The highest BCUT2D eigenvalue weighted by Gasteiger charge is 2.47. The summed E-state index contributed by atoms with van der Waals surface area (Å²) < 4.78 is 4.40. The molecule has 1 aliphatic carbocycles. The van der Waals surface area contributed by atoms with E-state index in [1.165, 1.54) is 7.11 Å². The van der Waals surface area contributed by atoms with Crippen LogP contribution in [0, 0.1) is 5.41 Å². The van der Waals surface area contributed by atoms with Gasteiger partial charge in [-0.2, -0.15) is 0 Å². The number of hydrogen-bond donors (Lipinski definition) is 1. The standard InChI is InChI=1S/C9H14O4/c1-9(5-3-4-6(9)10)7(11)8(12)13-2/h7,11H,3-5H2,1-2H3/t7-,9-/m1/s1. The van der Waals surface area contributed by atoms with E-state index in [2.05, 4.69) is 4.74 Å². The Labute approximate surface area is 76.9 Å². The van der Waals surface area contributed by atoms with Crippen LogP contribution in [0.15, 0.2) is 0 Å². The summed E-state index contributed by atoms with van der Waals surface area (Å²) >= 11 is 0. The van der Waals surface area contributed by atoms with Crippen LogP contribution in [0.5, 0.6) is 0 Å². The quantitative estimate of drug-likeness (QED) is 0.629. The fraction of sp³-hybridized carbons (Fsp3) is 0.778. The zero-order chi connectivity index (χ0) is 10.1. The van der Waals surface area contributed by atoms with Crippen LogP contribution < -0.4 is 0 Å². The molecule has 0 bridgehead atoms. The Morgan fingerprint density at radius 1 is 1.69 bits per heavy atom. The molecule has 0 aliphatic heterocycles. The third-order valence-corrected chi connectivity index (χ3v) is 2.76. The summed E-state index contributed by atoms with van der Waals surface area (Å²) in [4.78, 5) is 22.4. The van der Waals surface area contributed by atoms with Gasteiger partial charge >= 0.3 is 5.97 Å². The van der Waals surface area contributed by atoms with Crippen molar-refractivity contribution in [3.63, 3.8) is 0 Å².